The maximum absolute atomic E-state index is 12.8. The number of benzene rings is 1. The molecule has 0 aliphatic rings. The van der Waals surface area contributed by atoms with E-state index in [2.05, 4.69) is 6.58 Å². The third-order valence-electron chi connectivity index (χ3n) is 1.68. The van der Waals surface area contributed by atoms with E-state index in [1.165, 1.54) is 19.1 Å². The van der Waals surface area contributed by atoms with Crippen molar-refractivity contribution in [3.8, 4) is 0 Å². The first kappa shape index (κ1) is 10.4. The van der Waals surface area contributed by atoms with Gasteiger partial charge in [0.25, 0.3) is 0 Å². The van der Waals surface area contributed by atoms with Gasteiger partial charge >= 0.3 is 5.97 Å². The summed E-state index contributed by atoms with van der Waals surface area (Å²) in [5.41, 5.74) is 1.23. The Kier molecular flexibility index (Phi) is 3.40. The number of carbonyl (C=O) groups excluding carboxylic acids is 1. The summed E-state index contributed by atoms with van der Waals surface area (Å²) in [5.74, 6) is -0.700. The minimum atomic E-state index is -0.373. The predicted molar refractivity (Wildman–Crippen MR) is 52.1 cm³/mol. The fraction of sp³-hybridized carbons (Fsp3) is 0.182. The van der Waals surface area contributed by atoms with Crippen LogP contribution in [0.3, 0.4) is 0 Å². The van der Waals surface area contributed by atoms with Gasteiger partial charge < -0.3 is 4.74 Å². The molecular weight excluding hydrogens is 183 g/mol. The van der Waals surface area contributed by atoms with Crippen LogP contribution in [0.5, 0.6) is 0 Å². The largest absolute Gasteiger partial charge is 0.461 e. The van der Waals surface area contributed by atoms with Gasteiger partial charge in [-0.2, -0.15) is 0 Å². The number of halogens is 1. The number of ether oxygens (including phenoxy) is 1. The summed E-state index contributed by atoms with van der Waals surface area (Å²) in [7, 11) is 0. The van der Waals surface area contributed by atoms with Crippen molar-refractivity contribution in [2.24, 2.45) is 0 Å². The van der Waals surface area contributed by atoms with E-state index in [9.17, 15) is 9.18 Å². The molecule has 0 radical (unpaired) electrons. The van der Waals surface area contributed by atoms with E-state index >= 15 is 0 Å². The van der Waals surface area contributed by atoms with Crippen molar-refractivity contribution in [1.82, 2.24) is 0 Å². The lowest BCUT2D eigenvalue weighted by atomic mass is 10.1. The summed E-state index contributed by atoms with van der Waals surface area (Å²) in [5, 5.41) is 0. The van der Waals surface area contributed by atoms with E-state index in [-0.39, 0.29) is 18.4 Å². The molecule has 0 unspecified atom stereocenters. The average molecular weight is 194 g/mol. The van der Waals surface area contributed by atoms with E-state index < -0.39 is 0 Å². The van der Waals surface area contributed by atoms with Crippen LogP contribution in [0.25, 0.3) is 5.57 Å². The van der Waals surface area contributed by atoms with Crippen molar-refractivity contribution in [3.63, 3.8) is 0 Å². The van der Waals surface area contributed by atoms with Crippen molar-refractivity contribution in [2.45, 2.75) is 6.92 Å². The van der Waals surface area contributed by atoms with Crippen LogP contribution >= 0.6 is 0 Å². The Balaban J connectivity index is 2.65. The normalized spacial score (nSPS) is 9.57. The maximum atomic E-state index is 12.8. The highest BCUT2D eigenvalue weighted by Gasteiger charge is 2.01. The van der Waals surface area contributed by atoms with Gasteiger partial charge in [0.2, 0.25) is 0 Å². The number of esters is 1. The molecule has 0 spiro atoms. The molecule has 0 fully saturated rings. The molecule has 3 heteroatoms. The number of rotatable bonds is 3. The predicted octanol–water partition coefficient (Wildman–Crippen LogP) is 2.40. The molecule has 0 atom stereocenters. The Morgan fingerprint density at radius 2 is 2.29 bits per heavy atom. The standard InChI is InChI=1S/C11H11FO2/c1-8(7-14-9(2)13)10-4-3-5-11(12)6-10/h3-6H,1,7H2,2H3. The van der Waals surface area contributed by atoms with Crippen molar-refractivity contribution >= 4 is 11.5 Å². The number of carbonyl (C=O) groups is 1. The molecule has 0 saturated carbocycles. The fourth-order valence-corrected chi connectivity index (χ4v) is 0.980. The van der Waals surface area contributed by atoms with Crippen LogP contribution < -0.4 is 0 Å². The molecule has 0 saturated heterocycles. The van der Waals surface area contributed by atoms with Gasteiger partial charge in [-0.25, -0.2) is 4.39 Å². The van der Waals surface area contributed by atoms with Gasteiger partial charge in [-0.15, -0.1) is 0 Å². The summed E-state index contributed by atoms with van der Waals surface area (Å²) in [4.78, 5) is 10.5. The van der Waals surface area contributed by atoms with Crippen LogP contribution in [0, 0.1) is 5.82 Å². The summed E-state index contributed by atoms with van der Waals surface area (Å²) in [6.07, 6.45) is 0. The molecule has 1 rings (SSSR count). The van der Waals surface area contributed by atoms with E-state index in [0.717, 1.165) is 0 Å². The van der Waals surface area contributed by atoms with Gasteiger partial charge in [-0.3, -0.25) is 4.79 Å². The Labute approximate surface area is 82.0 Å². The molecular formula is C11H11FO2. The van der Waals surface area contributed by atoms with Crippen molar-refractivity contribution in [2.75, 3.05) is 6.61 Å². The third-order valence-corrected chi connectivity index (χ3v) is 1.68. The lowest BCUT2D eigenvalue weighted by Gasteiger charge is -2.05. The Morgan fingerprint density at radius 3 is 2.86 bits per heavy atom. The van der Waals surface area contributed by atoms with Crippen LogP contribution in [0.15, 0.2) is 30.8 Å². The fourth-order valence-electron chi connectivity index (χ4n) is 0.980. The van der Waals surface area contributed by atoms with Gasteiger partial charge in [-0.05, 0) is 23.3 Å². The highest BCUT2D eigenvalue weighted by molar-refractivity contribution is 5.70. The van der Waals surface area contributed by atoms with Crippen molar-refractivity contribution in [3.05, 3.63) is 42.2 Å². The second-order valence-electron chi connectivity index (χ2n) is 2.89. The highest BCUT2D eigenvalue weighted by atomic mass is 19.1. The van der Waals surface area contributed by atoms with E-state index in [1.807, 2.05) is 0 Å². The van der Waals surface area contributed by atoms with Gasteiger partial charge in [0.1, 0.15) is 12.4 Å². The molecule has 0 bridgehead atoms. The molecule has 1 aromatic carbocycles. The van der Waals surface area contributed by atoms with E-state index in [0.29, 0.717) is 11.1 Å². The summed E-state index contributed by atoms with van der Waals surface area (Å²) >= 11 is 0. The Bertz CT molecular complexity index is 358. The quantitative estimate of drug-likeness (QED) is 0.690. The van der Waals surface area contributed by atoms with Crippen LogP contribution in [-0.4, -0.2) is 12.6 Å². The monoisotopic (exact) mass is 194 g/mol. The average Bonchev–Trinajstić information content (AvgIpc) is 2.14. The second-order valence-corrected chi connectivity index (χ2v) is 2.89. The summed E-state index contributed by atoms with van der Waals surface area (Å²) < 4.78 is 17.5. The first-order chi connectivity index (χ1) is 6.59. The SMILES string of the molecule is C=C(COC(C)=O)c1cccc(F)c1. The molecule has 0 aromatic heterocycles. The molecule has 74 valence electrons. The van der Waals surface area contributed by atoms with Crippen LogP contribution in [0.2, 0.25) is 0 Å². The lowest BCUT2D eigenvalue weighted by molar-refractivity contribution is -0.139. The van der Waals surface area contributed by atoms with Crippen LogP contribution in [0.4, 0.5) is 4.39 Å². The van der Waals surface area contributed by atoms with Gasteiger partial charge in [0, 0.05) is 6.92 Å². The second kappa shape index (κ2) is 4.56. The number of hydrogen-bond donors (Lipinski definition) is 0. The first-order valence-electron chi connectivity index (χ1n) is 4.16. The van der Waals surface area contributed by atoms with Gasteiger partial charge in [0.05, 0.1) is 0 Å². The zero-order valence-corrected chi connectivity index (χ0v) is 7.92. The molecule has 2 nitrogen and oxygen atoms in total. The molecule has 0 aliphatic carbocycles. The van der Waals surface area contributed by atoms with Crippen LogP contribution in [0.1, 0.15) is 12.5 Å². The van der Waals surface area contributed by atoms with Gasteiger partial charge in [0.15, 0.2) is 0 Å². The minimum absolute atomic E-state index is 0.0960. The lowest BCUT2D eigenvalue weighted by Crippen LogP contribution is -2.02. The third kappa shape index (κ3) is 3.01. The molecule has 14 heavy (non-hydrogen) atoms. The van der Waals surface area contributed by atoms with Crippen molar-refractivity contribution in [1.29, 1.82) is 0 Å². The molecule has 0 aliphatic heterocycles. The topological polar surface area (TPSA) is 26.3 Å². The molecule has 0 N–H and O–H groups in total. The van der Waals surface area contributed by atoms with Crippen molar-refractivity contribution < 1.29 is 13.9 Å². The maximum Gasteiger partial charge on any atom is 0.302 e. The summed E-state index contributed by atoms with van der Waals surface area (Å²) in [6, 6.07) is 6.01. The van der Waals surface area contributed by atoms with Gasteiger partial charge in [-0.1, -0.05) is 18.7 Å². The zero-order chi connectivity index (χ0) is 10.6. The van der Waals surface area contributed by atoms with E-state index in [4.69, 9.17) is 4.74 Å². The summed E-state index contributed by atoms with van der Waals surface area (Å²) in [6.45, 7) is 5.11. The molecule has 0 heterocycles. The Morgan fingerprint density at radius 1 is 1.57 bits per heavy atom. The Hall–Kier alpha value is -1.64. The molecule has 0 amide bonds. The van der Waals surface area contributed by atoms with E-state index in [1.54, 1.807) is 12.1 Å². The van der Waals surface area contributed by atoms with Crippen LogP contribution in [-0.2, 0) is 9.53 Å². The highest BCUT2D eigenvalue weighted by Crippen LogP contribution is 2.13. The first-order valence-corrected chi connectivity index (χ1v) is 4.16. The zero-order valence-electron chi connectivity index (χ0n) is 7.92. The molecule has 1 aromatic rings. The number of hydrogen-bond acceptors (Lipinski definition) is 2. The smallest absolute Gasteiger partial charge is 0.302 e. The minimum Gasteiger partial charge on any atom is -0.461 e.